The van der Waals surface area contributed by atoms with Gasteiger partial charge < -0.3 is 14.7 Å². The summed E-state index contributed by atoms with van der Waals surface area (Å²) in [6.07, 6.45) is 2.88. The van der Waals surface area contributed by atoms with Crippen molar-refractivity contribution in [3.8, 4) is 0 Å². The molecule has 0 aromatic carbocycles. The molecule has 190 valence electrons. The van der Waals surface area contributed by atoms with Gasteiger partial charge in [-0.3, -0.25) is 9.80 Å². The Morgan fingerprint density at radius 3 is 2.41 bits per heavy atom. The van der Waals surface area contributed by atoms with Gasteiger partial charge in [0.2, 0.25) is 5.89 Å². The zero-order valence-electron chi connectivity index (χ0n) is 20.6. The van der Waals surface area contributed by atoms with Crippen molar-refractivity contribution < 1.29 is 18.1 Å². The van der Waals surface area contributed by atoms with Crippen molar-refractivity contribution in [2.45, 2.75) is 82.8 Å². The monoisotopic (exact) mass is 480 g/mol. The first-order valence-electron chi connectivity index (χ1n) is 12.9. The molecule has 1 aromatic heterocycles. The quantitative estimate of drug-likeness (QED) is 0.714. The van der Waals surface area contributed by atoms with Crippen LogP contribution in [0.15, 0.2) is 4.52 Å². The van der Waals surface area contributed by atoms with Crippen LogP contribution in [-0.2, 0) is 0 Å². The van der Waals surface area contributed by atoms with Gasteiger partial charge in [0.1, 0.15) is 6.04 Å². The largest absolute Gasteiger partial charge is 0.340 e. The lowest BCUT2D eigenvalue weighted by molar-refractivity contribution is -0.0971. The molecule has 2 aliphatic carbocycles. The number of fused-ring (bicyclic) bond motifs is 1. The Labute approximate surface area is 200 Å². The van der Waals surface area contributed by atoms with Gasteiger partial charge in [-0.2, -0.15) is 4.98 Å². The highest BCUT2D eigenvalue weighted by Gasteiger charge is 2.51. The van der Waals surface area contributed by atoms with E-state index in [-0.39, 0.29) is 24.4 Å². The lowest BCUT2D eigenvalue weighted by atomic mass is 9.85. The van der Waals surface area contributed by atoms with Crippen LogP contribution in [0, 0.1) is 18.8 Å². The van der Waals surface area contributed by atoms with E-state index in [0.29, 0.717) is 49.7 Å². The maximum atomic E-state index is 15.1. The number of alkyl halides is 2. The highest BCUT2D eigenvalue weighted by atomic mass is 19.3. The average Bonchev–Trinajstić information content (AvgIpc) is 3.49. The summed E-state index contributed by atoms with van der Waals surface area (Å²) in [6.45, 7) is 10.7. The molecule has 0 radical (unpaired) electrons. The second-order valence-corrected chi connectivity index (χ2v) is 11.1. The van der Waals surface area contributed by atoms with E-state index in [2.05, 4.69) is 39.1 Å². The maximum Gasteiger partial charge on any atom is 0.317 e. The van der Waals surface area contributed by atoms with E-state index in [4.69, 9.17) is 4.52 Å². The topological polar surface area (TPSA) is 77.7 Å². The van der Waals surface area contributed by atoms with Crippen LogP contribution >= 0.6 is 0 Å². The second kappa shape index (κ2) is 9.33. The van der Waals surface area contributed by atoms with Gasteiger partial charge in [-0.05, 0) is 51.4 Å². The summed E-state index contributed by atoms with van der Waals surface area (Å²) in [6, 6.07) is -1.31. The summed E-state index contributed by atoms with van der Waals surface area (Å²) in [5.41, 5.74) is 0. The summed E-state index contributed by atoms with van der Waals surface area (Å²) in [7, 11) is 0. The number of hydrogen-bond acceptors (Lipinski definition) is 6. The molecule has 10 heteroatoms. The van der Waals surface area contributed by atoms with Crippen molar-refractivity contribution in [1.82, 2.24) is 30.2 Å². The van der Waals surface area contributed by atoms with E-state index in [1.165, 1.54) is 0 Å². The van der Waals surface area contributed by atoms with Gasteiger partial charge in [0.05, 0.1) is 0 Å². The minimum atomic E-state index is -2.88. The highest BCUT2D eigenvalue weighted by molar-refractivity contribution is 5.75. The van der Waals surface area contributed by atoms with Crippen LogP contribution in [0.4, 0.5) is 13.6 Å². The van der Waals surface area contributed by atoms with Crippen molar-refractivity contribution in [1.29, 1.82) is 0 Å². The lowest BCUT2D eigenvalue weighted by Crippen LogP contribution is -2.65. The molecule has 2 aliphatic heterocycles. The van der Waals surface area contributed by atoms with E-state index in [1.807, 2.05) is 0 Å². The Balaban J connectivity index is 1.20. The van der Waals surface area contributed by atoms with Crippen molar-refractivity contribution in [3.05, 3.63) is 11.7 Å². The number of urea groups is 1. The first-order chi connectivity index (χ1) is 16.2. The Bertz CT molecular complexity index is 857. The Morgan fingerprint density at radius 1 is 1.15 bits per heavy atom. The highest BCUT2D eigenvalue weighted by Crippen LogP contribution is 2.45. The van der Waals surface area contributed by atoms with Gasteiger partial charge in [-0.25, -0.2) is 13.6 Å². The molecule has 0 bridgehead atoms. The molecule has 2 amide bonds. The standard InChI is InChI=1S/C24H38F2N6O2/c1-15(2)30-7-9-31(10-8-30)20-5-4-6-24(25,26)21(20)28-23(33)32-13-18-11-17(12-19(18)14-32)22-27-16(3)34-29-22/h15,17-21H,4-14H2,1-3H3,(H,28,33)/t17?,18-,19+,20-,21+/m0/s1. The van der Waals surface area contributed by atoms with Crippen LogP contribution in [0.25, 0.3) is 0 Å². The number of hydrogen-bond donors (Lipinski definition) is 1. The minimum absolute atomic E-state index is 0.155. The summed E-state index contributed by atoms with van der Waals surface area (Å²) >= 11 is 0. The number of piperazine rings is 1. The molecule has 5 rings (SSSR count). The Hall–Kier alpha value is -1.81. The number of carbonyl (C=O) groups is 1. The van der Waals surface area contributed by atoms with Crippen LogP contribution in [0.3, 0.4) is 0 Å². The molecule has 0 spiro atoms. The number of aryl methyl sites for hydroxylation is 1. The molecule has 1 N–H and O–H groups in total. The van der Waals surface area contributed by atoms with E-state index < -0.39 is 12.0 Å². The second-order valence-electron chi connectivity index (χ2n) is 11.1. The molecular weight excluding hydrogens is 442 g/mol. The van der Waals surface area contributed by atoms with E-state index in [9.17, 15) is 4.79 Å². The number of aromatic nitrogens is 2. The zero-order chi connectivity index (χ0) is 24.0. The molecule has 1 unspecified atom stereocenters. The molecule has 4 fully saturated rings. The lowest BCUT2D eigenvalue weighted by Gasteiger charge is -2.47. The van der Waals surface area contributed by atoms with E-state index in [0.717, 1.165) is 44.8 Å². The summed E-state index contributed by atoms with van der Waals surface area (Å²) in [5, 5.41) is 6.88. The number of nitrogens with one attached hydrogen (secondary N) is 1. The molecule has 3 heterocycles. The number of amides is 2. The van der Waals surface area contributed by atoms with Crippen LogP contribution in [0.2, 0.25) is 0 Å². The van der Waals surface area contributed by atoms with Crippen LogP contribution < -0.4 is 5.32 Å². The van der Waals surface area contributed by atoms with Gasteiger partial charge in [0.25, 0.3) is 5.92 Å². The van der Waals surface area contributed by atoms with Gasteiger partial charge in [-0.15, -0.1) is 0 Å². The van der Waals surface area contributed by atoms with Crippen LogP contribution in [-0.4, -0.2) is 94.2 Å². The van der Waals surface area contributed by atoms with Crippen molar-refractivity contribution >= 4 is 6.03 Å². The number of carbonyl (C=O) groups excluding carboxylic acids is 1. The summed E-state index contributed by atoms with van der Waals surface area (Å²) in [5.74, 6) is -0.575. The van der Waals surface area contributed by atoms with Crippen molar-refractivity contribution in [3.63, 3.8) is 0 Å². The number of likely N-dealkylation sites (tertiary alicyclic amines) is 1. The fraction of sp³-hybridized carbons (Fsp3) is 0.875. The zero-order valence-corrected chi connectivity index (χ0v) is 20.6. The third kappa shape index (κ3) is 4.67. The van der Waals surface area contributed by atoms with E-state index in [1.54, 1.807) is 11.8 Å². The molecule has 2 saturated heterocycles. The minimum Gasteiger partial charge on any atom is -0.340 e. The number of nitrogens with zero attached hydrogens (tertiary/aromatic N) is 5. The van der Waals surface area contributed by atoms with Crippen molar-refractivity contribution in [2.24, 2.45) is 11.8 Å². The maximum absolute atomic E-state index is 15.1. The SMILES string of the molecule is Cc1nc(C2C[C@@H]3CN(C(=O)N[C@@H]4[C@@H](N5CCN(C(C)C)CC5)CCCC4(F)F)C[C@@H]3C2)no1. The smallest absolute Gasteiger partial charge is 0.317 e. The first kappa shape index (κ1) is 23.9. The third-order valence-corrected chi connectivity index (χ3v) is 8.62. The van der Waals surface area contributed by atoms with Gasteiger partial charge >= 0.3 is 6.03 Å². The third-order valence-electron chi connectivity index (χ3n) is 8.62. The molecule has 34 heavy (non-hydrogen) atoms. The molecule has 8 nitrogen and oxygen atoms in total. The average molecular weight is 481 g/mol. The van der Waals surface area contributed by atoms with E-state index >= 15 is 8.78 Å². The number of halogens is 2. The normalized spacial score (nSPS) is 34.5. The molecule has 5 atom stereocenters. The molecule has 2 saturated carbocycles. The fourth-order valence-electron chi connectivity index (χ4n) is 6.71. The molecule has 1 aromatic rings. The first-order valence-corrected chi connectivity index (χ1v) is 12.9. The molecule has 4 aliphatic rings. The van der Waals surface area contributed by atoms with Gasteiger partial charge in [-0.1, -0.05) is 5.16 Å². The predicted octanol–water partition coefficient (Wildman–Crippen LogP) is 3.10. The van der Waals surface area contributed by atoms with Crippen LogP contribution in [0.5, 0.6) is 0 Å². The Morgan fingerprint density at radius 2 is 1.82 bits per heavy atom. The number of rotatable bonds is 4. The summed E-state index contributed by atoms with van der Waals surface area (Å²) < 4.78 is 35.3. The van der Waals surface area contributed by atoms with Gasteiger partial charge in [0.15, 0.2) is 5.82 Å². The van der Waals surface area contributed by atoms with Crippen molar-refractivity contribution in [2.75, 3.05) is 39.3 Å². The van der Waals surface area contributed by atoms with Crippen LogP contribution in [0.1, 0.15) is 63.6 Å². The van der Waals surface area contributed by atoms with Gasteiger partial charge in [0, 0.05) is 70.6 Å². The fourth-order valence-corrected chi connectivity index (χ4v) is 6.71. The predicted molar refractivity (Wildman–Crippen MR) is 123 cm³/mol. The molecular formula is C24H38F2N6O2. The summed E-state index contributed by atoms with van der Waals surface area (Å²) in [4.78, 5) is 23.9. The Kier molecular flexibility index (Phi) is 6.56.